The van der Waals surface area contributed by atoms with Crippen molar-refractivity contribution >= 4 is 0 Å². The minimum Gasteiger partial charge on any atom is -0.383 e. The molecule has 1 rings (SSSR count). The van der Waals surface area contributed by atoms with Gasteiger partial charge in [0, 0.05) is 51.9 Å². The van der Waals surface area contributed by atoms with Crippen molar-refractivity contribution in [3.63, 3.8) is 0 Å². The fourth-order valence-electron chi connectivity index (χ4n) is 2.44. The number of nitrogens with zero attached hydrogens (tertiary/aromatic N) is 2. The van der Waals surface area contributed by atoms with Crippen molar-refractivity contribution in [2.75, 3.05) is 53.0 Å². The van der Waals surface area contributed by atoms with Gasteiger partial charge in [-0.2, -0.15) is 0 Å². The Hall–Kier alpha value is -0.160. The molecule has 0 amide bonds. The van der Waals surface area contributed by atoms with Crippen molar-refractivity contribution in [2.45, 2.75) is 32.9 Å². The van der Waals surface area contributed by atoms with E-state index in [1.165, 1.54) is 26.2 Å². The van der Waals surface area contributed by atoms with Crippen LogP contribution < -0.4 is 5.32 Å². The highest BCUT2D eigenvalue weighted by molar-refractivity contribution is 4.78. The van der Waals surface area contributed by atoms with Crippen LogP contribution in [0.3, 0.4) is 0 Å². The summed E-state index contributed by atoms with van der Waals surface area (Å²) < 4.78 is 5.26. The first-order valence-electron chi connectivity index (χ1n) is 6.86. The summed E-state index contributed by atoms with van der Waals surface area (Å²) in [6.07, 6.45) is 0. The smallest absolute Gasteiger partial charge is 0.0628 e. The van der Waals surface area contributed by atoms with E-state index >= 15 is 0 Å². The molecule has 1 aliphatic rings. The van der Waals surface area contributed by atoms with E-state index in [4.69, 9.17) is 4.74 Å². The van der Waals surface area contributed by atoms with E-state index in [1.807, 2.05) is 0 Å². The van der Waals surface area contributed by atoms with Gasteiger partial charge in [-0.1, -0.05) is 6.92 Å². The monoisotopic (exact) mass is 243 g/mol. The third kappa shape index (κ3) is 5.34. The van der Waals surface area contributed by atoms with Crippen LogP contribution in [-0.4, -0.2) is 74.9 Å². The van der Waals surface area contributed by atoms with Gasteiger partial charge in [0.25, 0.3) is 0 Å². The maximum atomic E-state index is 5.26. The molecule has 0 aromatic rings. The molecule has 1 aliphatic heterocycles. The summed E-state index contributed by atoms with van der Waals surface area (Å²) in [6, 6.07) is 1.15. The summed E-state index contributed by atoms with van der Waals surface area (Å²) in [5.74, 6) is 0. The fraction of sp³-hybridized carbons (Fsp3) is 1.00. The summed E-state index contributed by atoms with van der Waals surface area (Å²) in [5, 5.41) is 3.48. The van der Waals surface area contributed by atoms with Crippen molar-refractivity contribution in [3.8, 4) is 0 Å². The quantitative estimate of drug-likeness (QED) is 0.710. The average Bonchev–Trinajstić information content (AvgIpc) is 2.30. The molecule has 0 saturated carbocycles. The normalized spacial score (nSPS) is 21.0. The second-order valence-electron chi connectivity index (χ2n) is 5.14. The van der Waals surface area contributed by atoms with Crippen LogP contribution >= 0.6 is 0 Å². The van der Waals surface area contributed by atoms with E-state index in [9.17, 15) is 0 Å². The van der Waals surface area contributed by atoms with Crippen molar-refractivity contribution in [3.05, 3.63) is 0 Å². The first kappa shape index (κ1) is 14.9. The molecule has 0 aromatic carbocycles. The number of hydrogen-bond donors (Lipinski definition) is 1. The summed E-state index contributed by atoms with van der Waals surface area (Å²) in [5.41, 5.74) is 0. The van der Waals surface area contributed by atoms with E-state index in [0.29, 0.717) is 12.1 Å². The van der Waals surface area contributed by atoms with Crippen molar-refractivity contribution < 1.29 is 4.74 Å². The summed E-state index contributed by atoms with van der Waals surface area (Å²) in [6.45, 7) is 14.4. The van der Waals surface area contributed by atoms with Gasteiger partial charge in [-0.15, -0.1) is 0 Å². The average molecular weight is 243 g/mol. The lowest BCUT2D eigenvalue weighted by atomic mass is 10.2. The SMILES string of the molecule is CCNC(COC)CN1CCN(C(C)C)CC1. The number of likely N-dealkylation sites (N-methyl/N-ethyl adjacent to an activating group) is 1. The molecule has 1 atom stereocenters. The van der Waals surface area contributed by atoms with Crippen LogP contribution in [0.1, 0.15) is 20.8 Å². The second-order valence-corrected chi connectivity index (χ2v) is 5.14. The van der Waals surface area contributed by atoms with Crippen LogP contribution in [0.15, 0.2) is 0 Å². The van der Waals surface area contributed by atoms with Gasteiger partial charge in [0.2, 0.25) is 0 Å². The van der Waals surface area contributed by atoms with Crippen molar-refractivity contribution in [2.24, 2.45) is 0 Å². The van der Waals surface area contributed by atoms with Gasteiger partial charge in [-0.05, 0) is 20.4 Å². The Balaban J connectivity index is 2.27. The van der Waals surface area contributed by atoms with Crippen LogP contribution in [0.2, 0.25) is 0 Å². The van der Waals surface area contributed by atoms with E-state index in [0.717, 1.165) is 19.7 Å². The third-order valence-corrected chi connectivity index (χ3v) is 3.48. The lowest BCUT2D eigenvalue weighted by Crippen LogP contribution is -2.53. The van der Waals surface area contributed by atoms with E-state index in [1.54, 1.807) is 7.11 Å². The Morgan fingerprint density at radius 2 is 1.82 bits per heavy atom. The van der Waals surface area contributed by atoms with E-state index < -0.39 is 0 Å². The second kappa shape index (κ2) is 8.03. The number of methoxy groups -OCH3 is 1. The molecule has 0 spiro atoms. The summed E-state index contributed by atoms with van der Waals surface area (Å²) in [7, 11) is 1.78. The molecule has 1 saturated heterocycles. The Bertz CT molecular complexity index is 185. The van der Waals surface area contributed by atoms with Gasteiger partial charge in [0.1, 0.15) is 0 Å². The Morgan fingerprint density at radius 1 is 1.18 bits per heavy atom. The Labute approximate surface area is 106 Å². The molecule has 4 nitrogen and oxygen atoms in total. The predicted octanol–water partition coefficient (Wildman–Crippen LogP) is 0.637. The zero-order valence-corrected chi connectivity index (χ0v) is 11.9. The highest BCUT2D eigenvalue weighted by Gasteiger charge is 2.20. The first-order valence-corrected chi connectivity index (χ1v) is 6.86. The number of hydrogen-bond acceptors (Lipinski definition) is 4. The highest BCUT2D eigenvalue weighted by atomic mass is 16.5. The largest absolute Gasteiger partial charge is 0.383 e. The zero-order valence-electron chi connectivity index (χ0n) is 11.9. The van der Waals surface area contributed by atoms with Crippen molar-refractivity contribution in [1.29, 1.82) is 0 Å². The fourth-order valence-corrected chi connectivity index (χ4v) is 2.44. The predicted molar refractivity (Wildman–Crippen MR) is 72.5 cm³/mol. The minimum atomic E-state index is 0.468. The lowest BCUT2D eigenvalue weighted by Gasteiger charge is -2.38. The van der Waals surface area contributed by atoms with Crippen LogP contribution in [0.4, 0.5) is 0 Å². The van der Waals surface area contributed by atoms with Crippen LogP contribution in [0, 0.1) is 0 Å². The van der Waals surface area contributed by atoms with Crippen LogP contribution in [0.25, 0.3) is 0 Å². The Kier molecular flexibility index (Phi) is 7.04. The maximum Gasteiger partial charge on any atom is 0.0628 e. The van der Waals surface area contributed by atoms with Gasteiger partial charge in [-0.25, -0.2) is 0 Å². The van der Waals surface area contributed by atoms with Gasteiger partial charge >= 0.3 is 0 Å². The molecule has 0 radical (unpaired) electrons. The standard InChI is InChI=1S/C13H29N3O/c1-5-14-13(11-17-4)10-15-6-8-16(9-7-15)12(2)3/h12-14H,5-11H2,1-4H3. The molecule has 1 unspecified atom stereocenters. The molecule has 1 N–H and O–H groups in total. The first-order chi connectivity index (χ1) is 8.17. The number of nitrogens with one attached hydrogen (secondary N) is 1. The molecule has 102 valence electrons. The minimum absolute atomic E-state index is 0.468. The number of piperazine rings is 1. The molecule has 0 bridgehead atoms. The van der Waals surface area contributed by atoms with Gasteiger partial charge in [0.15, 0.2) is 0 Å². The molecular weight excluding hydrogens is 214 g/mol. The van der Waals surface area contributed by atoms with Gasteiger partial charge in [-0.3, -0.25) is 9.80 Å². The zero-order chi connectivity index (χ0) is 12.7. The van der Waals surface area contributed by atoms with E-state index in [2.05, 4.69) is 35.9 Å². The van der Waals surface area contributed by atoms with Crippen LogP contribution in [-0.2, 0) is 4.74 Å². The molecule has 17 heavy (non-hydrogen) atoms. The molecular formula is C13H29N3O. The lowest BCUT2D eigenvalue weighted by molar-refractivity contribution is 0.0847. The molecule has 0 aliphatic carbocycles. The third-order valence-electron chi connectivity index (χ3n) is 3.48. The number of rotatable bonds is 7. The topological polar surface area (TPSA) is 27.7 Å². The van der Waals surface area contributed by atoms with E-state index in [-0.39, 0.29) is 0 Å². The molecule has 1 heterocycles. The maximum absolute atomic E-state index is 5.26. The summed E-state index contributed by atoms with van der Waals surface area (Å²) in [4.78, 5) is 5.10. The Morgan fingerprint density at radius 3 is 2.29 bits per heavy atom. The number of ether oxygens (including phenoxy) is 1. The molecule has 1 fully saturated rings. The molecule has 4 heteroatoms. The van der Waals surface area contributed by atoms with Crippen LogP contribution in [0.5, 0.6) is 0 Å². The van der Waals surface area contributed by atoms with Gasteiger partial charge in [0.05, 0.1) is 6.61 Å². The highest BCUT2D eigenvalue weighted by Crippen LogP contribution is 2.06. The summed E-state index contributed by atoms with van der Waals surface area (Å²) >= 11 is 0. The van der Waals surface area contributed by atoms with Crippen molar-refractivity contribution in [1.82, 2.24) is 15.1 Å². The van der Waals surface area contributed by atoms with Gasteiger partial charge < -0.3 is 10.1 Å². The molecule has 0 aromatic heterocycles.